The third kappa shape index (κ3) is 4.60. The van der Waals surface area contributed by atoms with E-state index in [0.717, 1.165) is 17.3 Å². The predicted octanol–water partition coefficient (Wildman–Crippen LogP) is 2.40. The average Bonchev–Trinajstić information content (AvgIpc) is 2.28. The Morgan fingerprint density at radius 2 is 2.25 bits per heavy atom. The van der Waals surface area contributed by atoms with E-state index in [-0.39, 0.29) is 6.10 Å². The van der Waals surface area contributed by atoms with E-state index in [1.165, 1.54) is 5.56 Å². The molecule has 16 heavy (non-hydrogen) atoms. The van der Waals surface area contributed by atoms with Crippen molar-refractivity contribution in [1.29, 1.82) is 0 Å². The predicted molar refractivity (Wildman–Crippen MR) is 69.6 cm³/mol. The molecule has 0 amide bonds. The van der Waals surface area contributed by atoms with Crippen molar-refractivity contribution in [3.8, 4) is 0 Å². The molecule has 0 aliphatic rings. The van der Waals surface area contributed by atoms with E-state index < -0.39 is 0 Å². The Morgan fingerprint density at radius 1 is 1.50 bits per heavy atom. The molecule has 3 nitrogen and oxygen atoms in total. The molecule has 1 rings (SSSR count). The van der Waals surface area contributed by atoms with Gasteiger partial charge >= 0.3 is 0 Å². The number of nitrogens with zero attached hydrogens (tertiary/aromatic N) is 1. The van der Waals surface area contributed by atoms with Crippen molar-refractivity contribution in [3.63, 3.8) is 0 Å². The molecular formula is C12H19BrN2O. The van der Waals surface area contributed by atoms with Crippen LogP contribution in [0, 0.1) is 0 Å². The highest BCUT2D eigenvalue weighted by atomic mass is 79.9. The molecule has 0 spiro atoms. The van der Waals surface area contributed by atoms with Gasteiger partial charge in [0.15, 0.2) is 0 Å². The zero-order chi connectivity index (χ0) is 12.0. The maximum Gasteiger partial charge on any atom is 0.0558 e. The van der Waals surface area contributed by atoms with Crippen LogP contribution in [-0.4, -0.2) is 31.3 Å². The van der Waals surface area contributed by atoms with Crippen molar-refractivity contribution < 1.29 is 4.74 Å². The number of nitrogens with one attached hydrogen (secondary N) is 1. The van der Waals surface area contributed by atoms with Gasteiger partial charge in [0, 0.05) is 30.0 Å². The number of hydrogen-bond acceptors (Lipinski definition) is 3. The van der Waals surface area contributed by atoms with Gasteiger partial charge in [0.25, 0.3) is 0 Å². The summed E-state index contributed by atoms with van der Waals surface area (Å²) in [5.41, 5.74) is 1.23. The first kappa shape index (κ1) is 13.6. The number of ether oxygens (including phenoxy) is 1. The molecule has 0 aliphatic heterocycles. The zero-order valence-electron chi connectivity index (χ0n) is 10.0. The van der Waals surface area contributed by atoms with Crippen LogP contribution in [0.2, 0.25) is 0 Å². The summed E-state index contributed by atoms with van der Waals surface area (Å²) in [5, 5.41) is 3.31. The molecule has 0 aromatic carbocycles. The number of halogens is 1. The molecule has 90 valence electrons. The summed E-state index contributed by atoms with van der Waals surface area (Å²) < 4.78 is 6.31. The second kappa shape index (κ2) is 6.99. The first-order valence-electron chi connectivity index (χ1n) is 5.45. The number of likely N-dealkylation sites (N-methyl/N-ethyl adjacent to an activating group) is 1. The molecule has 2 atom stereocenters. The summed E-state index contributed by atoms with van der Waals surface area (Å²) in [6.07, 6.45) is 5.95. The van der Waals surface area contributed by atoms with Crippen LogP contribution < -0.4 is 5.32 Å². The Hall–Kier alpha value is -0.450. The van der Waals surface area contributed by atoms with Crippen LogP contribution in [0.3, 0.4) is 0 Å². The molecule has 4 heteroatoms. The third-order valence-corrected chi connectivity index (χ3v) is 3.10. The molecule has 1 aromatic rings. The largest absolute Gasteiger partial charge is 0.382 e. The average molecular weight is 287 g/mol. The van der Waals surface area contributed by atoms with Crippen LogP contribution >= 0.6 is 15.9 Å². The van der Waals surface area contributed by atoms with Crippen LogP contribution in [0.4, 0.5) is 0 Å². The number of rotatable bonds is 6. The van der Waals surface area contributed by atoms with Crippen molar-refractivity contribution in [2.75, 3.05) is 14.2 Å². The molecule has 0 aliphatic carbocycles. The Bertz CT molecular complexity index is 320. The number of methoxy groups -OCH3 is 1. The van der Waals surface area contributed by atoms with Gasteiger partial charge in [0.05, 0.1) is 6.10 Å². The molecule has 1 aromatic heterocycles. The maximum absolute atomic E-state index is 5.28. The summed E-state index contributed by atoms with van der Waals surface area (Å²) in [4.78, 5) is 4.16. The first-order chi connectivity index (χ1) is 7.65. The van der Waals surface area contributed by atoms with E-state index in [4.69, 9.17) is 4.74 Å². The van der Waals surface area contributed by atoms with Gasteiger partial charge in [-0.25, -0.2) is 0 Å². The van der Waals surface area contributed by atoms with Crippen LogP contribution in [0.5, 0.6) is 0 Å². The number of aromatic nitrogens is 1. The van der Waals surface area contributed by atoms with Gasteiger partial charge in [0.1, 0.15) is 0 Å². The molecule has 0 fully saturated rings. The number of hydrogen-bond donors (Lipinski definition) is 1. The molecule has 0 saturated carbocycles. The highest BCUT2D eigenvalue weighted by Gasteiger charge is 2.11. The minimum atomic E-state index is 0.276. The topological polar surface area (TPSA) is 34.2 Å². The molecular weight excluding hydrogens is 268 g/mol. The molecule has 1 heterocycles. The van der Waals surface area contributed by atoms with Crippen LogP contribution in [0.25, 0.3) is 0 Å². The van der Waals surface area contributed by atoms with Crippen LogP contribution in [0.15, 0.2) is 22.9 Å². The minimum absolute atomic E-state index is 0.276. The van der Waals surface area contributed by atoms with Crippen molar-refractivity contribution in [2.45, 2.75) is 31.9 Å². The van der Waals surface area contributed by atoms with Gasteiger partial charge in [-0.15, -0.1) is 0 Å². The zero-order valence-corrected chi connectivity index (χ0v) is 11.6. The highest BCUT2D eigenvalue weighted by Crippen LogP contribution is 2.13. The maximum atomic E-state index is 5.28. The lowest BCUT2D eigenvalue weighted by Gasteiger charge is -2.19. The van der Waals surface area contributed by atoms with Crippen molar-refractivity contribution >= 4 is 15.9 Å². The Labute approximate surface area is 106 Å². The molecule has 0 saturated heterocycles. The van der Waals surface area contributed by atoms with Crippen molar-refractivity contribution in [2.24, 2.45) is 0 Å². The number of pyridine rings is 1. The van der Waals surface area contributed by atoms with Gasteiger partial charge in [-0.3, -0.25) is 4.98 Å². The van der Waals surface area contributed by atoms with E-state index in [1.807, 2.05) is 13.2 Å². The minimum Gasteiger partial charge on any atom is -0.382 e. The van der Waals surface area contributed by atoms with E-state index in [2.05, 4.69) is 39.2 Å². The van der Waals surface area contributed by atoms with Gasteiger partial charge in [0.2, 0.25) is 0 Å². The SMILES string of the molecule is CNC(Cc1cncc(Br)c1)CC(C)OC. The Kier molecular flexibility index (Phi) is 5.95. The van der Waals surface area contributed by atoms with Crippen LogP contribution in [0.1, 0.15) is 18.9 Å². The molecule has 0 bridgehead atoms. The molecule has 0 radical (unpaired) electrons. The summed E-state index contributed by atoms with van der Waals surface area (Å²) in [7, 11) is 3.73. The van der Waals surface area contributed by atoms with E-state index >= 15 is 0 Å². The fourth-order valence-electron chi connectivity index (χ4n) is 1.65. The first-order valence-corrected chi connectivity index (χ1v) is 6.24. The smallest absolute Gasteiger partial charge is 0.0558 e. The Balaban J connectivity index is 2.56. The van der Waals surface area contributed by atoms with E-state index in [0.29, 0.717) is 6.04 Å². The van der Waals surface area contributed by atoms with Crippen molar-refractivity contribution in [3.05, 3.63) is 28.5 Å². The Morgan fingerprint density at radius 3 is 2.81 bits per heavy atom. The quantitative estimate of drug-likeness (QED) is 0.872. The summed E-state index contributed by atoms with van der Waals surface area (Å²) >= 11 is 3.43. The third-order valence-electron chi connectivity index (χ3n) is 2.67. The lowest BCUT2D eigenvalue weighted by atomic mass is 10.0. The highest BCUT2D eigenvalue weighted by molar-refractivity contribution is 9.10. The van der Waals surface area contributed by atoms with Crippen molar-refractivity contribution in [1.82, 2.24) is 10.3 Å². The molecule has 2 unspecified atom stereocenters. The second-order valence-corrected chi connectivity index (χ2v) is 4.90. The van der Waals surface area contributed by atoms with E-state index in [9.17, 15) is 0 Å². The summed E-state index contributed by atoms with van der Waals surface area (Å²) in [6.45, 7) is 2.09. The normalized spacial score (nSPS) is 14.8. The van der Waals surface area contributed by atoms with E-state index in [1.54, 1.807) is 13.3 Å². The summed E-state index contributed by atoms with van der Waals surface area (Å²) in [5.74, 6) is 0. The fourth-order valence-corrected chi connectivity index (χ4v) is 2.06. The van der Waals surface area contributed by atoms with Gasteiger partial charge in [-0.1, -0.05) is 0 Å². The standard InChI is InChI=1S/C12H19BrN2O/c1-9(16-3)4-12(14-2)6-10-5-11(13)8-15-7-10/h5,7-9,12,14H,4,6H2,1-3H3. The lowest BCUT2D eigenvalue weighted by Crippen LogP contribution is -2.31. The van der Waals surface area contributed by atoms with Gasteiger partial charge in [-0.2, -0.15) is 0 Å². The van der Waals surface area contributed by atoms with Gasteiger partial charge < -0.3 is 10.1 Å². The summed E-state index contributed by atoms with van der Waals surface area (Å²) in [6, 6.07) is 2.53. The monoisotopic (exact) mass is 286 g/mol. The second-order valence-electron chi connectivity index (χ2n) is 3.98. The van der Waals surface area contributed by atoms with Crippen LogP contribution in [-0.2, 0) is 11.2 Å². The molecule has 1 N–H and O–H groups in total. The van der Waals surface area contributed by atoms with Gasteiger partial charge in [-0.05, 0) is 54.4 Å². The fraction of sp³-hybridized carbons (Fsp3) is 0.583. The lowest BCUT2D eigenvalue weighted by molar-refractivity contribution is 0.101.